The maximum Gasteiger partial charge on any atom is 0.143 e. The van der Waals surface area contributed by atoms with E-state index in [1.54, 1.807) is 6.07 Å². The first-order chi connectivity index (χ1) is 12.7. The molecule has 0 saturated heterocycles. The van der Waals surface area contributed by atoms with Crippen LogP contribution in [0.5, 0.6) is 0 Å². The van der Waals surface area contributed by atoms with Crippen molar-refractivity contribution in [1.29, 1.82) is 0 Å². The molecule has 1 aromatic rings. The zero-order chi connectivity index (χ0) is 19.2. The highest BCUT2D eigenvalue weighted by molar-refractivity contribution is 5.91. The monoisotopic (exact) mass is 361 g/mol. The van der Waals surface area contributed by atoms with Crippen LogP contribution >= 0.6 is 0 Å². The smallest absolute Gasteiger partial charge is 0.143 e. The minimum Gasteiger partial charge on any atom is -0.545 e. The van der Waals surface area contributed by atoms with Crippen molar-refractivity contribution in [3.05, 3.63) is 29.3 Å². The molecule has 1 rings (SSSR count). The lowest BCUT2D eigenvalue weighted by molar-refractivity contribution is -0.833. The van der Waals surface area contributed by atoms with Gasteiger partial charge in [-0.1, -0.05) is 77.8 Å². The maximum atomic E-state index is 11.7. The van der Waals surface area contributed by atoms with Crippen molar-refractivity contribution < 1.29 is 14.8 Å². The van der Waals surface area contributed by atoms with Gasteiger partial charge in [-0.2, -0.15) is 0 Å². The quantitative estimate of drug-likeness (QED) is 0.479. The number of carboxylic acids is 1. The summed E-state index contributed by atoms with van der Waals surface area (Å²) in [5.74, 6) is -1.04. The summed E-state index contributed by atoms with van der Waals surface area (Å²) in [6, 6.07) is 5.71. The fourth-order valence-corrected chi connectivity index (χ4v) is 3.82. The van der Waals surface area contributed by atoms with Crippen LogP contribution in [0.25, 0.3) is 0 Å². The van der Waals surface area contributed by atoms with Gasteiger partial charge >= 0.3 is 0 Å². The zero-order valence-electron chi connectivity index (χ0n) is 17.2. The van der Waals surface area contributed by atoms with Gasteiger partial charge < -0.3 is 14.8 Å². The van der Waals surface area contributed by atoms with Crippen molar-refractivity contribution in [3.63, 3.8) is 0 Å². The first-order valence-corrected chi connectivity index (χ1v) is 10.8. The Morgan fingerprint density at radius 1 is 0.846 bits per heavy atom. The van der Waals surface area contributed by atoms with Crippen LogP contribution < -0.4 is 10.0 Å². The molecule has 0 saturated carbocycles. The number of carboxylic acid groups (broad SMARTS) is 1. The highest BCUT2D eigenvalue weighted by atomic mass is 16.4. The Labute approximate surface area is 160 Å². The van der Waals surface area contributed by atoms with E-state index in [1.807, 2.05) is 6.07 Å². The molecule has 3 heteroatoms. The number of nitrogens with one attached hydrogen (secondary N) is 1. The van der Waals surface area contributed by atoms with E-state index in [0.29, 0.717) is 5.56 Å². The number of hydrogen-bond donors (Lipinski definition) is 1. The summed E-state index contributed by atoms with van der Waals surface area (Å²) < 4.78 is 0. The summed E-state index contributed by atoms with van der Waals surface area (Å²) in [6.45, 7) is 8.52. The molecular formula is C23H39NO2. The Bertz CT molecular complexity index is 507. The second-order valence-electron chi connectivity index (χ2n) is 7.46. The van der Waals surface area contributed by atoms with Gasteiger partial charge in [-0.25, -0.2) is 0 Å². The van der Waals surface area contributed by atoms with E-state index in [2.05, 4.69) is 26.8 Å². The molecule has 0 heterocycles. The van der Waals surface area contributed by atoms with Crippen LogP contribution in [0.3, 0.4) is 0 Å². The van der Waals surface area contributed by atoms with Crippen molar-refractivity contribution in [1.82, 2.24) is 0 Å². The van der Waals surface area contributed by atoms with E-state index in [4.69, 9.17) is 0 Å². The zero-order valence-corrected chi connectivity index (χ0v) is 17.2. The molecule has 0 unspecified atom stereocenters. The maximum absolute atomic E-state index is 11.7. The van der Waals surface area contributed by atoms with E-state index in [1.165, 1.54) is 55.4 Å². The molecule has 0 atom stereocenters. The number of benzene rings is 1. The van der Waals surface area contributed by atoms with Crippen LogP contribution in [0.4, 0.5) is 5.69 Å². The number of unbranched alkanes of at least 4 members (excludes halogenated alkanes) is 7. The molecule has 0 aromatic heterocycles. The molecule has 0 bridgehead atoms. The molecule has 26 heavy (non-hydrogen) atoms. The minimum atomic E-state index is -1.04. The molecule has 0 spiro atoms. The van der Waals surface area contributed by atoms with Gasteiger partial charge in [-0.05, 0) is 31.7 Å². The topological polar surface area (TPSA) is 44.6 Å². The molecule has 0 fully saturated rings. The molecule has 0 aliphatic rings. The van der Waals surface area contributed by atoms with Gasteiger partial charge in [0, 0.05) is 5.56 Å². The molecule has 148 valence electrons. The number of hydrogen-bond acceptors (Lipinski definition) is 2. The number of carbonyl (C=O) groups is 1. The van der Waals surface area contributed by atoms with E-state index in [-0.39, 0.29) is 0 Å². The molecule has 0 amide bonds. The Kier molecular flexibility index (Phi) is 12.0. The van der Waals surface area contributed by atoms with E-state index >= 15 is 0 Å². The van der Waals surface area contributed by atoms with Crippen molar-refractivity contribution in [2.75, 3.05) is 13.1 Å². The number of aryl methyl sites for hydroxylation is 1. The first kappa shape index (κ1) is 22.7. The minimum absolute atomic E-state index is 0.388. The molecule has 1 aromatic carbocycles. The van der Waals surface area contributed by atoms with Crippen molar-refractivity contribution in [2.24, 2.45) is 0 Å². The number of para-hydroxylation sites is 1. The van der Waals surface area contributed by atoms with Gasteiger partial charge in [0.15, 0.2) is 0 Å². The van der Waals surface area contributed by atoms with Crippen molar-refractivity contribution >= 4 is 11.7 Å². The lowest BCUT2D eigenvalue weighted by Gasteiger charge is -2.24. The van der Waals surface area contributed by atoms with Crippen LogP contribution in [-0.2, 0) is 6.42 Å². The number of carbonyl (C=O) groups excluding carboxylic acids is 1. The Morgan fingerprint density at radius 2 is 1.42 bits per heavy atom. The standard InChI is InChI=1S/C23H39NO2/c1-4-7-8-9-10-11-12-13-15-20-16-14-17-21(23(25)26)22(20)24(18-5-2)19-6-3/h14,16-17H,4-13,15,18-19H2,1-3H3,(H,25,26). The third-order valence-electron chi connectivity index (χ3n) is 5.13. The fourth-order valence-electron chi connectivity index (χ4n) is 3.82. The van der Waals surface area contributed by atoms with Crippen LogP contribution in [-0.4, -0.2) is 19.1 Å². The van der Waals surface area contributed by atoms with Crippen molar-refractivity contribution in [3.8, 4) is 0 Å². The normalized spacial score (nSPS) is 11.2. The second kappa shape index (κ2) is 13.8. The van der Waals surface area contributed by atoms with Crippen LogP contribution in [0.2, 0.25) is 0 Å². The summed E-state index contributed by atoms with van der Waals surface area (Å²) >= 11 is 0. The summed E-state index contributed by atoms with van der Waals surface area (Å²) in [4.78, 5) is 13.0. The third-order valence-corrected chi connectivity index (χ3v) is 5.13. The molecule has 0 aliphatic heterocycles. The van der Waals surface area contributed by atoms with E-state index in [0.717, 1.165) is 44.5 Å². The molecule has 3 nitrogen and oxygen atoms in total. The van der Waals surface area contributed by atoms with Gasteiger partial charge in [0.05, 0.1) is 24.6 Å². The fraction of sp³-hybridized carbons (Fsp3) is 0.696. The Balaban J connectivity index is 2.71. The molecule has 0 aliphatic carbocycles. The number of aromatic carboxylic acids is 1. The average Bonchev–Trinajstić information content (AvgIpc) is 2.63. The number of rotatable bonds is 15. The third kappa shape index (κ3) is 7.90. The highest BCUT2D eigenvalue weighted by Crippen LogP contribution is 2.20. The second-order valence-corrected chi connectivity index (χ2v) is 7.46. The van der Waals surface area contributed by atoms with E-state index in [9.17, 15) is 9.90 Å². The Morgan fingerprint density at radius 3 is 1.96 bits per heavy atom. The van der Waals surface area contributed by atoms with Gasteiger partial charge in [-0.15, -0.1) is 0 Å². The van der Waals surface area contributed by atoms with Gasteiger partial charge in [0.1, 0.15) is 5.69 Å². The van der Waals surface area contributed by atoms with Crippen LogP contribution in [0, 0.1) is 0 Å². The lowest BCUT2D eigenvalue weighted by atomic mass is 9.99. The molecule has 0 radical (unpaired) electrons. The predicted octanol–water partition coefficient (Wildman–Crippen LogP) is 4.07. The summed E-state index contributed by atoms with van der Waals surface area (Å²) in [7, 11) is 0. The predicted molar refractivity (Wildman–Crippen MR) is 108 cm³/mol. The van der Waals surface area contributed by atoms with Gasteiger partial charge in [0.2, 0.25) is 0 Å². The highest BCUT2D eigenvalue weighted by Gasteiger charge is 2.20. The molecule has 1 N–H and O–H groups in total. The van der Waals surface area contributed by atoms with Crippen molar-refractivity contribution in [2.45, 2.75) is 91.4 Å². The molecular weight excluding hydrogens is 322 g/mol. The van der Waals surface area contributed by atoms with Gasteiger partial charge in [0.25, 0.3) is 0 Å². The summed E-state index contributed by atoms with van der Waals surface area (Å²) in [5, 5.41) is 11.7. The summed E-state index contributed by atoms with van der Waals surface area (Å²) in [6.07, 6.45) is 13.4. The van der Waals surface area contributed by atoms with E-state index < -0.39 is 5.97 Å². The summed E-state index contributed by atoms with van der Waals surface area (Å²) in [5.41, 5.74) is 2.58. The number of quaternary nitrogens is 1. The average molecular weight is 362 g/mol. The van der Waals surface area contributed by atoms with Crippen LogP contribution in [0.15, 0.2) is 18.2 Å². The SMILES string of the molecule is CCCCCCCCCCc1cccc(C(=O)[O-])c1[NH+](CCC)CCC. The Hall–Kier alpha value is -1.35. The first-order valence-electron chi connectivity index (χ1n) is 10.8. The largest absolute Gasteiger partial charge is 0.545 e. The lowest BCUT2D eigenvalue weighted by Crippen LogP contribution is -3.07. The van der Waals surface area contributed by atoms with Crippen LogP contribution in [0.1, 0.15) is 101 Å². The van der Waals surface area contributed by atoms with Gasteiger partial charge in [-0.3, -0.25) is 0 Å².